The zero-order valence-corrected chi connectivity index (χ0v) is 21.4. The normalized spacial score (nSPS) is 15.4. The Morgan fingerprint density at radius 3 is 2.82 bits per heavy atom. The largest absolute Gasteiger partial charge is 0.536 e. The van der Waals surface area contributed by atoms with Crippen molar-refractivity contribution >= 4 is 41.4 Å². The van der Waals surface area contributed by atoms with E-state index in [0.717, 1.165) is 17.2 Å². The van der Waals surface area contributed by atoms with Crippen LogP contribution < -0.4 is 15.4 Å². The summed E-state index contributed by atoms with van der Waals surface area (Å²) in [5.41, 5.74) is 1.23. The molecule has 2 atom stereocenters. The van der Waals surface area contributed by atoms with E-state index in [-0.39, 0.29) is 28.1 Å². The highest BCUT2D eigenvalue weighted by molar-refractivity contribution is 6.46. The van der Waals surface area contributed by atoms with Crippen molar-refractivity contribution in [3.8, 4) is 17.2 Å². The maximum atomic E-state index is 13.7. The third-order valence-corrected chi connectivity index (χ3v) is 7.20. The number of phenols is 2. The zero-order chi connectivity index (χ0) is 27.8. The molecule has 0 radical (unpaired) electrons. The van der Waals surface area contributed by atoms with E-state index >= 15 is 0 Å². The van der Waals surface area contributed by atoms with Gasteiger partial charge in [-0.1, -0.05) is 35.9 Å². The molecule has 2 aromatic carbocycles. The van der Waals surface area contributed by atoms with Crippen LogP contribution in [-0.2, 0) is 11.2 Å². The molecular weight excluding hydrogens is 525 g/mol. The Morgan fingerprint density at radius 2 is 2.03 bits per heavy atom. The SMILES string of the molecule is Cc1cccc2c1OB(O)[C@@H](CC(=O)C(NC(=O)c1c[nH]c3cccnc3c1=O)c1ccc(O)c(O)c1Cl)C2. The summed E-state index contributed by atoms with van der Waals surface area (Å²) in [5.74, 6) is -2.71. The maximum absolute atomic E-state index is 13.7. The summed E-state index contributed by atoms with van der Waals surface area (Å²) in [7, 11) is -1.28. The fraction of sp³-hybridized carbons (Fsp3) is 0.185. The number of Topliss-reactive ketones (excluding diaryl/α,β-unsaturated/α-hetero) is 1. The Kier molecular flexibility index (Phi) is 7.03. The van der Waals surface area contributed by atoms with E-state index in [1.54, 1.807) is 12.1 Å². The Morgan fingerprint density at radius 1 is 1.23 bits per heavy atom. The second-order valence-corrected chi connectivity index (χ2v) is 9.76. The number of nitrogens with one attached hydrogen (secondary N) is 2. The van der Waals surface area contributed by atoms with Crippen molar-refractivity contribution in [3.63, 3.8) is 0 Å². The Hall–Kier alpha value is -4.35. The smallest absolute Gasteiger partial charge is 0.526 e. The number of hydrogen-bond acceptors (Lipinski definition) is 8. The van der Waals surface area contributed by atoms with Gasteiger partial charge in [-0.25, -0.2) is 0 Å². The van der Waals surface area contributed by atoms with Gasteiger partial charge in [0.2, 0.25) is 5.43 Å². The second-order valence-electron chi connectivity index (χ2n) is 9.38. The minimum atomic E-state index is -1.43. The number of fused-ring (bicyclic) bond motifs is 2. The highest BCUT2D eigenvalue weighted by Crippen LogP contribution is 2.40. The molecule has 0 saturated carbocycles. The number of para-hydroxylation sites is 1. The summed E-state index contributed by atoms with van der Waals surface area (Å²) < 4.78 is 5.69. The number of carbonyl (C=O) groups excluding carboxylic acids is 2. The summed E-state index contributed by atoms with van der Waals surface area (Å²) in [4.78, 5) is 46.8. The van der Waals surface area contributed by atoms with Gasteiger partial charge in [0.1, 0.15) is 22.9 Å². The molecule has 1 unspecified atom stereocenters. The molecule has 39 heavy (non-hydrogen) atoms. The van der Waals surface area contributed by atoms with Crippen LogP contribution in [0.2, 0.25) is 10.8 Å². The topological polar surface area (TPSA) is 162 Å². The number of H-pyrrole nitrogens is 1. The highest BCUT2D eigenvalue weighted by Gasteiger charge is 2.39. The van der Waals surface area contributed by atoms with Crippen LogP contribution in [0, 0.1) is 6.92 Å². The lowest BCUT2D eigenvalue weighted by Gasteiger charge is -2.29. The maximum Gasteiger partial charge on any atom is 0.526 e. The third kappa shape index (κ3) is 4.94. The number of aromatic amines is 1. The third-order valence-electron chi connectivity index (χ3n) is 6.80. The predicted molar refractivity (Wildman–Crippen MR) is 144 cm³/mol. The number of aromatic hydroxyl groups is 2. The number of halogens is 1. The van der Waals surface area contributed by atoms with Crippen LogP contribution in [0.4, 0.5) is 0 Å². The van der Waals surface area contributed by atoms with Gasteiger partial charge in [-0.05, 0) is 42.7 Å². The monoisotopic (exact) mass is 547 g/mol. The molecule has 4 aromatic rings. The summed E-state index contributed by atoms with van der Waals surface area (Å²) >= 11 is 6.27. The van der Waals surface area contributed by atoms with Crippen LogP contribution in [0.5, 0.6) is 17.2 Å². The molecule has 0 saturated heterocycles. The highest BCUT2D eigenvalue weighted by atomic mass is 35.5. The summed E-state index contributed by atoms with van der Waals surface area (Å²) in [6, 6.07) is 9.81. The van der Waals surface area contributed by atoms with E-state index < -0.39 is 47.6 Å². The molecule has 0 bridgehead atoms. The average Bonchev–Trinajstić information content (AvgIpc) is 2.92. The number of ketones is 1. The summed E-state index contributed by atoms with van der Waals surface area (Å²) in [5, 5.41) is 32.9. The molecule has 0 aliphatic carbocycles. The van der Waals surface area contributed by atoms with Gasteiger partial charge in [0.05, 0.1) is 10.5 Å². The van der Waals surface area contributed by atoms with Crippen molar-refractivity contribution in [3.05, 3.63) is 92.4 Å². The quantitative estimate of drug-likeness (QED) is 0.182. The van der Waals surface area contributed by atoms with Crippen molar-refractivity contribution < 1.29 is 29.5 Å². The summed E-state index contributed by atoms with van der Waals surface area (Å²) in [6.45, 7) is 1.85. The van der Waals surface area contributed by atoms with E-state index in [1.807, 2.05) is 25.1 Å². The van der Waals surface area contributed by atoms with Gasteiger partial charge in [0, 0.05) is 30.2 Å². The molecule has 1 amide bonds. The Balaban J connectivity index is 1.48. The van der Waals surface area contributed by atoms with Crippen LogP contribution in [0.1, 0.15) is 39.5 Å². The molecule has 1 aliphatic heterocycles. The van der Waals surface area contributed by atoms with Gasteiger partial charge in [-0.2, -0.15) is 0 Å². The van der Waals surface area contributed by atoms with Gasteiger partial charge in [0.25, 0.3) is 5.91 Å². The minimum absolute atomic E-state index is 0.00289. The van der Waals surface area contributed by atoms with E-state index in [9.17, 15) is 29.6 Å². The molecule has 3 heterocycles. The van der Waals surface area contributed by atoms with Gasteiger partial charge in [-0.15, -0.1) is 0 Å². The number of carbonyl (C=O) groups is 2. The van der Waals surface area contributed by atoms with Gasteiger partial charge < -0.3 is 30.2 Å². The van der Waals surface area contributed by atoms with Crippen molar-refractivity contribution in [1.29, 1.82) is 0 Å². The Labute approximate surface area is 227 Å². The molecule has 2 aromatic heterocycles. The molecule has 5 rings (SSSR count). The van der Waals surface area contributed by atoms with Crippen LogP contribution in [0.3, 0.4) is 0 Å². The van der Waals surface area contributed by atoms with E-state index in [2.05, 4.69) is 15.3 Å². The fourth-order valence-corrected chi connectivity index (χ4v) is 5.01. The lowest BCUT2D eigenvalue weighted by atomic mass is 9.64. The molecular formula is C27H23BClN3O7. The van der Waals surface area contributed by atoms with E-state index in [1.165, 1.54) is 18.5 Å². The molecule has 10 nitrogen and oxygen atoms in total. The van der Waals surface area contributed by atoms with Crippen molar-refractivity contribution in [2.45, 2.75) is 31.6 Å². The van der Waals surface area contributed by atoms with Crippen LogP contribution in [0.25, 0.3) is 11.0 Å². The number of aromatic nitrogens is 2. The van der Waals surface area contributed by atoms with Crippen LogP contribution >= 0.6 is 11.6 Å². The van der Waals surface area contributed by atoms with Gasteiger partial charge in [0.15, 0.2) is 17.3 Å². The number of rotatable bonds is 6. The number of phenolic OH excluding ortho intramolecular Hbond substituents is 2. The first-order valence-corrected chi connectivity index (χ1v) is 12.5. The number of amides is 1. The van der Waals surface area contributed by atoms with Gasteiger partial charge >= 0.3 is 7.12 Å². The first kappa shape index (κ1) is 26.3. The minimum Gasteiger partial charge on any atom is -0.536 e. The first-order chi connectivity index (χ1) is 18.7. The number of pyridine rings is 2. The standard InChI is InChI=1S/C27H23BClN3O7/c1-13-4-2-5-14-10-15(28(38)39-26(13)14)11-20(34)22(16-7-8-19(33)25(36)21(16)29)32-27(37)17-12-31-18-6-3-9-30-23(18)24(17)35/h2-9,12,15,22,33,36,38H,10-11H2,1H3,(H,31,35)(H,32,37)/t15-,22?/m1/s1. The van der Waals surface area contributed by atoms with E-state index in [4.69, 9.17) is 16.3 Å². The van der Waals surface area contributed by atoms with Crippen molar-refractivity contribution in [1.82, 2.24) is 15.3 Å². The number of benzene rings is 2. The van der Waals surface area contributed by atoms with Crippen molar-refractivity contribution in [2.75, 3.05) is 0 Å². The lowest BCUT2D eigenvalue weighted by Crippen LogP contribution is -2.40. The molecule has 0 fully saturated rings. The second kappa shape index (κ2) is 10.4. The number of aryl methyl sites for hydroxylation is 1. The number of hydrogen-bond donors (Lipinski definition) is 5. The van der Waals surface area contributed by atoms with Crippen LogP contribution in [-0.4, -0.2) is 44.0 Å². The first-order valence-electron chi connectivity index (χ1n) is 12.1. The molecule has 1 aliphatic rings. The van der Waals surface area contributed by atoms with E-state index in [0.29, 0.717) is 17.7 Å². The van der Waals surface area contributed by atoms with Crippen LogP contribution in [0.15, 0.2) is 59.7 Å². The fourth-order valence-electron chi connectivity index (χ4n) is 4.74. The summed E-state index contributed by atoms with van der Waals surface area (Å²) in [6.07, 6.45) is 2.75. The predicted octanol–water partition coefficient (Wildman–Crippen LogP) is 3.21. The zero-order valence-electron chi connectivity index (χ0n) is 20.6. The number of nitrogens with zero attached hydrogens (tertiary/aromatic N) is 1. The molecule has 12 heteroatoms. The Bertz CT molecular complexity index is 1680. The van der Waals surface area contributed by atoms with Crippen molar-refractivity contribution in [2.24, 2.45) is 0 Å². The van der Waals surface area contributed by atoms with Gasteiger partial charge in [-0.3, -0.25) is 19.4 Å². The lowest BCUT2D eigenvalue weighted by molar-refractivity contribution is -0.121. The average molecular weight is 548 g/mol. The molecule has 198 valence electrons. The molecule has 0 spiro atoms. The molecule has 5 N–H and O–H groups in total.